The van der Waals surface area contributed by atoms with Gasteiger partial charge in [-0.2, -0.15) is 0 Å². The molecule has 0 spiro atoms. The average Bonchev–Trinajstić information content (AvgIpc) is 2.15. The van der Waals surface area contributed by atoms with Crippen molar-refractivity contribution >= 4 is 5.78 Å². The first-order valence-corrected chi connectivity index (χ1v) is 4.69. The molecule has 0 radical (unpaired) electrons. The summed E-state index contributed by atoms with van der Waals surface area (Å²) in [6, 6.07) is 0. The Bertz CT molecular complexity index is 141. The molecule has 0 aromatic carbocycles. The second-order valence-electron chi connectivity index (χ2n) is 3.13. The Balaban J connectivity index is 2.20. The highest BCUT2D eigenvalue weighted by Gasteiger charge is 2.20. The summed E-state index contributed by atoms with van der Waals surface area (Å²) in [5.41, 5.74) is 0. The van der Waals surface area contributed by atoms with Crippen molar-refractivity contribution in [2.24, 2.45) is 0 Å². The molecule has 0 saturated carbocycles. The van der Waals surface area contributed by atoms with E-state index in [1.165, 1.54) is 0 Å². The molecule has 1 heterocycles. The Kier molecular flexibility index (Phi) is 4.25. The maximum absolute atomic E-state index is 11.4. The maximum atomic E-state index is 11.4. The summed E-state index contributed by atoms with van der Waals surface area (Å²) in [6.45, 7) is 4.33. The van der Waals surface area contributed by atoms with Crippen molar-refractivity contribution in [3.8, 4) is 0 Å². The van der Waals surface area contributed by atoms with E-state index in [9.17, 15) is 4.79 Å². The number of hydrogen-bond acceptors (Lipinski definition) is 3. The van der Waals surface area contributed by atoms with E-state index < -0.39 is 0 Å². The summed E-state index contributed by atoms with van der Waals surface area (Å²) < 4.78 is 5.32. The average molecular weight is 171 g/mol. The lowest BCUT2D eigenvalue weighted by Crippen LogP contribution is -2.43. The van der Waals surface area contributed by atoms with Crippen molar-refractivity contribution in [3.05, 3.63) is 0 Å². The van der Waals surface area contributed by atoms with E-state index in [2.05, 4.69) is 12.2 Å². The van der Waals surface area contributed by atoms with Crippen LogP contribution in [0, 0.1) is 0 Å². The molecule has 12 heavy (non-hydrogen) atoms. The zero-order valence-corrected chi connectivity index (χ0v) is 7.64. The van der Waals surface area contributed by atoms with Gasteiger partial charge in [-0.1, -0.05) is 13.3 Å². The number of hydrogen-bond donors (Lipinski definition) is 1. The summed E-state index contributed by atoms with van der Waals surface area (Å²) in [7, 11) is 0. The molecule has 0 aromatic heterocycles. The van der Waals surface area contributed by atoms with Crippen LogP contribution in [0.25, 0.3) is 0 Å². The third-order valence-corrected chi connectivity index (χ3v) is 2.06. The van der Waals surface area contributed by atoms with E-state index in [0.29, 0.717) is 19.6 Å². The molecule has 1 saturated heterocycles. The number of nitrogens with one attached hydrogen (secondary N) is 1. The summed E-state index contributed by atoms with van der Waals surface area (Å²) >= 11 is 0. The first-order chi connectivity index (χ1) is 5.84. The first kappa shape index (κ1) is 9.68. The molecule has 3 heteroatoms. The van der Waals surface area contributed by atoms with E-state index in [0.717, 1.165) is 19.4 Å². The van der Waals surface area contributed by atoms with Crippen LogP contribution in [0.2, 0.25) is 0 Å². The third-order valence-electron chi connectivity index (χ3n) is 2.06. The predicted octanol–water partition coefficient (Wildman–Crippen LogP) is 0.734. The van der Waals surface area contributed by atoms with Crippen LogP contribution in [0.3, 0.4) is 0 Å². The van der Waals surface area contributed by atoms with Crippen LogP contribution >= 0.6 is 0 Å². The van der Waals surface area contributed by atoms with Gasteiger partial charge in [-0.15, -0.1) is 0 Å². The van der Waals surface area contributed by atoms with Gasteiger partial charge in [0.2, 0.25) is 0 Å². The lowest BCUT2D eigenvalue weighted by molar-refractivity contribution is -0.132. The molecule has 70 valence electrons. The monoisotopic (exact) mass is 171 g/mol. The Hall–Kier alpha value is -0.410. The molecule has 1 rings (SSSR count). The van der Waals surface area contributed by atoms with Crippen molar-refractivity contribution in [1.29, 1.82) is 0 Å². The number of Topliss-reactive ketones (excluding diaryl/α,β-unsaturated/α-hetero) is 1. The number of ether oxygens (including phenoxy) is 1. The lowest BCUT2D eigenvalue weighted by atomic mass is 10.1. The highest BCUT2D eigenvalue weighted by molar-refractivity contribution is 5.83. The molecular weight excluding hydrogens is 154 g/mol. The van der Waals surface area contributed by atoms with Crippen LogP contribution in [0.1, 0.15) is 26.2 Å². The topological polar surface area (TPSA) is 38.3 Å². The molecule has 1 aliphatic heterocycles. The second-order valence-corrected chi connectivity index (χ2v) is 3.13. The number of carbonyl (C=O) groups is 1. The molecule has 0 amide bonds. The Morgan fingerprint density at radius 2 is 2.50 bits per heavy atom. The SMILES string of the molecule is CCCCC(=O)C1CNCCO1. The molecule has 0 aliphatic carbocycles. The Labute approximate surface area is 73.5 Å². The van der Waals surface area contributed by atoms with Gasteiger partial charge in [-0.3, -0.25) is 4.79 Å². The zero-order chi connectivity index (χ0) is 8.81. The zero-order valence-electron chi connectivity index (χ0n) is 7.64. The van der Waals surface area contributed by atoms with Crippen LogP contribution in [0.5, 0.6) is 0 Å². The molecule has 1 aliphatic rings. The predicted molar refractivity (Wildman–Crippen MR) is 47.1 cm³/mol. The van der Waals surface area contributed by atoms with Gasteiger partial charge in [0.1, 0.15) is 6.10 Å². The van der Waals surface area contributed by atoms with Gasteiger partial charge in [0.05, 0.1) is 6.61 Å². The number of unbranched alkanes of at least 4 members (excludes halogenated alkanes) is 1. The van der Waals surface area contributed by atoms with Crippen molar-refractivity contribution in [2.45, 2.75) is 32.3 Å². The van der Waals surface area contributed by atoms with Gasteiger partial charge < -0.3 is 10.1 Å². The number of ketones is 1. The fourth-order valence-corrected chi connectivity index (χ4v) is 1.28. The third kappa shape index (κ3) is 2.91. The second kappa shape index (κ2) is 5.27. The summed E-state index contributed by atoms with van der Waals surface area (Å²) in [6.07, 6.45) is 2.55. The first-order valence-electron chi connectivity index (χ1n) is 4.69. The molecule has 1 atom stereocenters. The lowest BCUT2D eigenvalue weighted by Gasteiger charge is -2.22. The number of carbonyl (C=O) groups excluding carboxylic acids is 1. The molecular formula is C9H17NO2. The Morgan fingerprint density at radius 3 is 3.08 bits per heavy atom. The fourth-order valence-electron chi connectivity index (χ4n) is 1.28. The highest BCUT2D eigenvalue weighted by atomic mass is 16.5. The van der Waals surface area contributed by atoms with Gasteiger partial charge >= 0.3 is 0 Å². The summed E-state index contributed by atoms with van der Waals surface area (Å²) in [5.74, 6) is 0.254. The van der Waals surface area contributed by atoms with Crippen LogP contribution < -0.4 is 5.32 Å². The van der Waals surface area contributed by atoms with E-state index in [4.69, 9.17) is 4.74 Å². The van der Waals surface area contributed by atoms with Gasteiger partial charge in [-0.25, -0.2) is 0 Å². The van der Waals surface area contributed by atoms with Crippen LogP contribution in [-0.2, 0) is 9.53 Å². The Morgan fingerprint density at radius 1 is 1.67 bits per heavy atom. The van der Waals surface area contributed by atoms with E-state index >= 15 is 0 Å². The fraction of sp³-hybridized carbons (Fsp3) is 0.889. The van der Waals surface area contributed by atoms with Crippen molar-refractivity contribution in [3.63, 3.8) is 0 Å². The van der Waals surface area contributed by atoms with E-state index in [-0.39, 0.29) is 11.9 Å². The molecule has 1 N–H and O–H groups in total. The number of morpholine rings is 1. The van der Waals surface area contributed by atoms with Crippen molar-refractivity contribution < 1.29 is 9.53 Å². The van der Waals surface area contributed by atoms with Crippen molar-refractivity contribution in [1.82, 2.24) is 5.32 Å². The normalized spacial score (nSPS) is 23.9. The quantitative estimate of drug-likeness (QED) is 0.677. The van der Waals surface area contributed by atoms with Crippen LogP contribution in [-0.4, -0.2) is 31.6 Å². The standard InChI is InChI=1S/C9H17NO2/c1-2-3-4-8(11)9-7-10-5-6-12-9/h9-10H,2-7H2,1H3. The van der Waals surface area contributed by atoms with Crippen molar-refractivity contribution in [2.75, 3.05) is 19.7 Å². The van der Waals surface area contributed by atoms with E-state index in [1.807, 2.05) is 0 Å². The minimum Gasteiger partial charge on any atom is -0.368 e. The minimum atomic E-state index is -0.176. The smallest absolute Gasteiger partial charge is 0.162 e. The molecule has 3 nitrogen and oxygen atoms in total. The van der Waals surface area contributed by atoms with Gasteiger partial charge in [0.25, 0.3) is 0 Å². The van der Waals surface area contributed by atoms with E-state index in [1.54, 1.807) is 0 Å². The molecule has 0 aromatic rings. The van der Waals surface area contributed by atoms with Gasteiger partial charge in [0.15, 0.2) is 5.78 Å². The van der Waals surface area contributed by atoms with Gasteiger partial charge in [0, 0.05) is 19.5 Å². The summed E-state index contributed by atoms with van der Waals surface area (Å²) in [4.78, 5) is 11.4. The molecule has 1 fully saturated rings. The van der Waals surface area contributed by atoms with Gasteiger partial charge in [-0.05, 0) is 6.42 Å². The number of rotatable bonds is 4. The highest BCUT2D eigenvalue weighted by Crippen LogP contribution is 2.04. The largest absolute Gasteiger partial charge is 0.368 e. The maximum Gasteiger partial charge on any atom is 0.162 e. The summed E-state index contributed by atoms with van der Waals surface area (Å²) in [5, 5.41) is 3.15. The molecule has 1 unspecified atom stereocenters. The van der Waals surface area contributed by atoms with Crippen LogP contribution in [0.4, 0.5) is 0 Å². The van der Waals surface area contributed by atoms with Crippen LogP contribution in [0.15, 0.2) is 0 Å². The molecule has 0 bridgehead atoms. The minimum absolute atomic E-state index is 0.176.